The fourth-order valence-electron chi connectivity index (χ4n) is 3.65. The first-order valence-electron chi connectivity index (χ1n) is 8.84. The molecule has 2 amide bonds. The maximum atomic E-state index is 12.5. The summed E-state index contributed by atoms with van der Waals surface area (Å²) in [6.45, 7) is 4.53. The van der Waals surface area contributed by atoms with E-state index in [0.717, 1.165) is 0 Å². The summed E-state index contributed by atoms with van der Waals surface area (Å²) in [4.78, 5) is 38.7. The van der Waals surface area contributed by atoms with Crippen LogP contribution in [0, 0.1) is 0 Å². The molecule has 1 aromatic rings. The summed E-state index contributed by atoms with van der Waals surface area (Å²) < 4.78 is 6.19. The number of carbonyl (C=O) groups excluding carboxylic acids is 3. The van der Waals surface area contributed by atoms with Gasteiger partial charge in [0.15, 0.2) is 5.78 Å². The summed E-state index contributed by atoms with van der Waals surface area (Å²) in [5.41, 5.74) is -0.0483. The number of hydrogen-bond donors (Lipinski definition) is 1. The second-order valence-corrected chi connectivity index (χ2v) is 6.79. The first-order chi connectivity index (χ1) is 12.0. The van der Waals surface area contributed by atoms with Gasteiger partial charge in [0.2, 0.25) is 11.8 Å². The van der Waals surface area contributed by atoms with E-state index in [2.05, 4.69) is 5.32 Å². The van der Waals surface area contributed by atoms with Crippen molar-refractivity contribution >= 4 is 17.6 Å². The molecule has 0 unspecified atom stereocenters. The molecule has 1 spiro atoms. The minimum absolute atomic E-state index is 0.0551. The van der Waals surface area contributed by atoms with Crippen molar-refractivity contribution in [3.05, 3.63) is 29.8 Å². The Labute approximate surface area is 147 Å². The van der Waals surface area contributed by atoms with E-state index in [9.17, 15) is 14.4 Å². The van der Waals surface area contributed by atoms with Crippen molar-refractivity contribution in [1.29, 1.82) is 0 Å². The zero-order valence-corrected chi connectivity index (χ0v) is 14.7. The number of hydrogen-bond acceptors (Lipinski definition) is 4. The predicted octanol–water partition coefficient (Wildman–Crippen LogP) is 1.93. The van der Waals surface area contributed by atoms with Crippen LogP contribution >= 0.6 is 0 Å². The number of benzene rings is 1. The van der Waals surface area contributed by atoms with Crippen LogP contribution in [0.15, 0.2) is 24.3 Å². The monoisotopic (exact) mass is 344 g/mol. The number of carbonyl (C=O) groups is 3. The van der Waals surface area contributed by atoms with E-state index in [1.165, 1.54) is 0 Å². The van der Waals surface area contributed by atoms with Gasteiger partial charge in [-0.25, -0.2) is 0 Å². The van der Waals surface area contributed by atoms with Gasteiger partial charge in [-0.3, -0.25) is 14.4 Å². The van der Waals surface area contributed by atoms with Crippen LogP contribution in [0.25, 0.3) is 0 Å². The molecular weight excluding hydrogens is 320 g/mol. The van der Waals surface area contributed by atoms with E-state index in [1.807, 2.05) is 19.1 Å². The smallest absolute Gasteiger partial charge is 0.242 e. The minimum atomic E-state index is -0.656. The molecule has 2 aliphatic heterocycles. The lowest BCUT2D eigenvalue weighted by atomic mass is 9.84. The Bertz CT molecular complexity index is 702. The third-order valence-electron chi connectivity index (χ3n) is 5.12. The van der Waals surface area contributed by atoms with Crippen LogP contribution in [0.1, 0.15) is 49.9 Å². The Hall–Kier alpha value is -2.37. The lowest BCUT2D eigenvalue weighted by Crippen LogP contribution is -2.48. The Morgan fingerprint density at radius 2 is 2.08 bits per heavy atom. The van der Waals surface area contributed by atoms with Gasteiger partial charge in [-0.05, 0) is 32.4 Å². The lowest BCUT2D eigenvalue weighted by molar-refractivity contribution is -0.139. The predicted molar refractivity (Wildman–Crippen MR) is 92.5 cm³/mol. The molecule has 134 valence electrons. The molecule has 1 saturated heterocycles. The normalized spacial score (nSPS) is 24.3. The number of Topliss-reactive ketones (excluding diaryl/α,β-unsaturated/α-hetero) is 1. The Morgan fingerprint density at radius 1 is 1.32 bits per heavy atom. The number of likely N-dealkylation sites (N-methyl/N-ethyl adjacent to an activating group) is 1. The van der Waals surface area contributed by atoms with Gasteiger partial charge in [0.1, 0.15) is 17.4 Å². The minimum Gasteiger partial charge on any atom is -0.486 e. The van der Waals surface area contributed by atoms with Gasteiger partial charge in [-0.1, -0.05) is 12.1 Å². The number of nitrogens with one attached hydrogen (secondary N) is 1. The largest absolute Gasteiger partial charge is 0.486 e. The summed E-state index contributed by atoms with van der Waals surface area (Å²) in [6, 6.07) is 6.72. The molecule has 2 aliphatic rings. The van der Waals surface area contributed by atoms with Gasteiger partial charge in [0.25, 0.3) is 0 Å². The van der Waals surface area contributed by atoms with Crippen LogP contribution in [0.4, 0.5) is 0 Å². The SMILES string of the molecule is CCNC(=O)[C@H](C)N1CC[C@]2(CCC1=O)CC(=O)c1ccccc1O2. The van der Waals surface area contributed by atoms with Crippen molar-refractivity contribution < 1.29 is 19.1 Å². The standard InChI is InChI=1S/C19H24N2O4/c1-3-20-18(24)13(2)21-11-10-19(9-8-17(21)23)12-15(22)14-6-4-5-7-16(14)25-19/h4-7,13H,3,8-12H2,1-2H3,(H,20,24)/t13-,19+/m0/s1. The number of ether oxygens (including phenoxy) is 1. The Morgan fingerprint density at radius 3 is 2.84 bits per heavy atom. The molecule has 2 atom stereocenters. The summed E-state index contributed by atoms with van der Waals surface area (Å²) in [6.07, 6.45) is 1.59. The van der Waals surface area contributed by atoms with Crippen LogP contribution in [0.2, 0.25) is 0 Å². The van der Waals surface area contributed by atoms with Crippen molar-refractivity contribution in [2.24, 2.45) is 0 Å². The van der Waals surface area contributed by atoms with Crippen molar-refractivity contribution in [3.8, 4) is 5.75 Å². The van der Waals surface area contributed by atoms with Gasteiger partial charge in [-0.2, -0.15) is 0 Å². The topological polar surface area (TPSA) is 75.7 Å². The van der Waals surface area contributed by atoms with Crippen molar-refractivity contribution in [1.82, 2.24) is 10.2 Å². The Kier molecular flexibility index (Phi) is 4.79. The van der Waals surface area contributed by atoms with Gasteiger partial charge >= 0.3 is 0 Å². The highest BCUT2D eigenvalue weighted by molar-refractivity contribution is 6.00. The van der Waals surface area contributed by atoms with Crippen LogP contribution in [0.5, 0.6) is 5.75 Å². The zero-order chi connectivity index (χ0) is 18.0. The molecule has 3 rings (SSSR count). The van der Waals surface area contributed by atoms with Crippen LogP contribution in [0.3, 0.4) is 0 Å². The quantitative estimate of drug-likeness (QED) is 0.909. The molecule has 25 heavy (non-hydrogen) atoms. The van der Waals surface area contributed by atoms with Gasteiger partial charge < -0.3 is 15.0 Å². The number of rotatable bonds is 3. The van der Waals surface area contributed by atoms with Gasteiger partial charge in [-0.15, -0.1) is 0 Å². The van der Waals surface area contributed by atoms with Crippen LogP contribution in [-0.2, 0) is 9.59 Å². The van der Waals surface area contributed by atoms with E-state index >= 15 is 0 Å². The first-order valence-corrected chi connectivity index (χ1v) is 8.84. The third kappa shape index (κ3) is 3.38. The van der Waals surface area contributed by atoms with Gasteiger partial charge in [0.05, 0.1) is 12.0 Å². The maximum absolute atomic E-state index is 12.5. The van der Waals surface area contributed by atoms with E-state index in [-0.39, 0.29) is 30.4 Å². The number of ketones is 1. The first kappa shape index (κ1) is 17.5. The number of likely N-dealkylation sites (tertiary alicyclic amines) is 1. The molecule has 0 aromatic heterocycles. The maximum Gasteiger partial charge on any atom is 0.242 e. The lowest BCUT2D eigenvalue weighted by Gasteiger charge is -2.37. The molecular formula is C19H24N2O4. The molecule has 0 saturated carbocycles. The Balaban J connectivity index is 1.78. The van der Waals surface area contributed by atoms with Crippen LogP contribution in [-0.4, -0.2) is 47.2 Å². The molecule has 0 bridgehead atoms. The number of amides is 2. The molecule has 0 aliphatic carbocycles. The molecule has 6 nitrogen and oxygen atoms in total. The third-order valence-corrected chi connectivity index (χ3v) is 5.12. The summed E-state index contributed by atoms with van der Waals surface area (Å²) in [5.74, 6) is 0.430. The number of nitrogens with zero attached hydrogens (tertiary/aromatic N) is 1. The summed E-state index contributed by atoms with van der Waals surface area (Å²) >= 11 is 0. The molecule has 1 fully saturated rings. The van der Waals surface area contributed by atoms with Gasteiger partial charge in [0, 0.05) is 25.9 Å². The van der Waals surface area contributed by atoms with Crippen molar-refractivity contribution in [2.45, 2.75) is 51.2 Å². The number of fused-ring (bicyclic) bond motifs is 1. The van der Waals surface area contributed by atoms with Crippen LogP contribution < -0.4 is 10.1 Å². The van der Waals surface area contributed by atoms with E-state index in [1.54, 1.807) is 24.0 Å². The van der Waals surface area contributed by atoms with Crippen molar-refractivity contribution in [2.75, 3.05) is 13.1 Å². The highest BCUT2D eigenvalue weighted by Gasteiger charge is 2.44. The summed E-state index contributed by atoms with van der Waals surface area (Å²) in [5, 5.41) is 2.76. The molecule has 2 heterocycles. The van der Waals surface area contributed by atoms with E-state index in [0.29, 0.717) is 37.2 Å². The summed E-state index contributed by atoms with van der Waals surface area (Å²) in [7, 11) is 0. The highest BCUT2D eigenvalue weighted by Crippen LogP contribution is 2.39. The highest BCUT2D eigenvalue weighted by atomic mass is 16.5. The average molecular weight is 344 g/mol. The molecule has 6 heteroatoms. The average Bonchev–Trinajstić information content (AvgIpc) is 2.74. The van der Waals surface area contributed by atoms with Crippen molar-refractivity contribution in [3.63, 3.8) is 0 Å². The zero-order valence-electron chi connectivity index (χ0n) is 14.7. The number of para-hydroxylation sites is 1. The second-order valence-electron chi connectivity index (χ2n) is 6.79. The van der Waals surface area contributed by atoms with E-state index < -0.39 is 11.6 Å². The fraction of sp³-hybridized carbons (Fsp3) is 0.526. The van der Waals surface area contributed by atoms with E-state index in [4.69, 9.17) is 4.74 Å². The second kappa shape index (κ2) is 6.86. The molecule has 0 radical (unpaired) electrons. The molecule has 1 N–H and O–H groups in total. The molecule has 1 aromatic carbocycles. The fourth-order valence-corrected chi connectivity index (χ4v) is 3.65.